The van der Waals surface area contributed by atoms with Crippen molar-refractivity contribution in [3.05, 3.63) is 75.9 Å². The largest absolute Gasteiger partial charge is 0.497 e. The number of pyridine rings is 2. The van der Waals surface area contributed by atoms with Gasteiger partial charge in [-0.3, -0.25) is 4.79 Å². The molecule has 4 heterocycles. The zero-order valence-corrected chi connectivity index (χ0v) is 18.4. The summed E-state index contributed by atoms with van der Waals surface area (Å²) in [5.41, 5.74) is 4.47. The van der Waals surface area contributed by atoms with Crippen LogP contribution in [0.2, 0.25) is 5.02 Å². The van der Waals surface area contributed by atoms with Gasteiger partial charge in [0.2, 0.25) is 0 Å². The first kappa shape index (κ1) is 20.6. The second kappa shape index (κ2) is 8.68. The zero-order chi connectivity index (χ0) is 22.1. The van der Waals surface area contributed by atoms with E-state index in [-0.39, 0.29) is 5.56 Å². The average molecular weight is 451 g/mol. The van der Waals surface area contributed by atoms with Gasteiger partial charge < -0.3 is 23.9 Å². The zero-order valence-electron chi connectivity index (χ0n) is 17.7. The number of benzene rings is 1. The molecule has 0 unspecified atom stereocenters. The van der Waals surface area contributed by atoms with Crippen LogP contribution in [0.5, 0.6) is 5.75 Å². The van der Waals surface area contributed by atoms with Gasteiger partial charge in [-0.15, -0.1) is 0 Å². The van der Waals surface area contributed by atoms with Crippen LogP contribution in [-0.4, -0.2) is 47.9 Å². The molecule has 0 aliphatic carbocycles. The van der Waals surface area contributed by atoms with Crippen molar-refractivity contribution in [3.8, 4) is 16.9 Å². The molecule has 1 N–H and O–H groups in total. The van der Waals surface area contributed by atoms with Gasteiger partial charge in [0.1, 0.15) is 11.4 Å². The van der Waals surface area contributed by atoms with Crippen molar-refractivity contribution in [3.63, 3.8) is 0 Å². The fourth-order valence-electron chi connectivity index (χ4n) is 4.06. The summed E-state index contributed by atoms with van der Waals surface area (Å²) in [4.78, 5) is 22.9. The summed E-state index contributed by atoms with van der Waals surface area (Å²) in [6.07, 6.45) is 5.59. The maximum Gasteiger partial charge on any atom is 0.251 e. The predicted octanol–water partition coefficient (Wildman–Crippen LogP) is 3.94. The van der Waals surface area contributed by atoms with Crippen LogP contribution in [0.15, 0.2) is 59.8 Å². The lowest BCUT2D eigenvalue weighted by Crippen LogP contribution is -2.36. The summed E-state index contributed by atoms with van der Waals surface area (Å²) in [5, 5.41) is 1.57. The molecule has 1 aliphatic rings. The number of morpholine rings is 1. The van der Waals surface area contributed by atoms with Gasteiger partial charge >= 0.3 is 0 Å². The van der Waals surface area contributed by atoms with E-state index in [9.17, 15) is 4.79 Å². The van der Waals surface area contributed by atoms with E-state index in [1.165, 1.54) is 0 Å². The number of rotatable bonds is 5. The number of H-pyrrole nitrogens is 1. The lowest BCUT2D eigenvalue weighted by atomic mass is 10.1. The highest BCUT2D eigenvalue weighted by Gasteiger charge is 2.15. The molecule has 1 saturated heterocycles. The molecule has 164 valence electrons. The normalized spacial score (nSPS) is 14.1. The molecule has 1 aromatic carbocycles. The highest BCUT2D eigenvalue weighted by molar-refractivity contribution is 6.30. The van der Waals surface area contributed by atoms with Crippen LogP contribution < -0.4 is 15.2 Å². The molecule has 0 spiro atoms. The molecule has 0 saturated carbocycles. The molecular formula is C24H23ClN4O3. The summed E-state index contributed by atoms with van der Waals surface area (Å²) in [6, 6.07) is 11.2. The van der Waals surface area contributed by atoms with Gasteiger partial charge in [-0.2, -0.15) is 0 Å². The number of ether oxygens (including phenoxy) is 2. The van der Waals surface area contributed by atoms with Crippen molar-refractivity contribution in [2.75, 3.05) is 38.3 Å². The molecular weight excluding hydrogens is 428 g/mol. The second-order valence-electron chi connectivity index (χ2n) is 7.77. The summed E-state index contributed by atoms with van der Waals surface area (Å²) >= 11 is 6.16. The Morgan fingerprint density at radius 1 is 1.19 bits per heavy atom. The number of nitrogens with zero attached hydrogens (tertiary/aromatic N) is 3. The number of nitrogens with one attached hydrogen (secondary N) is 1. The molecule has 7 nitrogen and oxygen atoms in total. The van der Waals surface area contributed by atoms with Crippen molar-refractivity contribution in [1.29, 1.82) is 0 Å². The number of halogens is 1. The molecule has 5 rings (SSSR count). The SMILES string of the molecule is COc1cc(Cl)cc(Cn2ccc(-c3c[nH]c4ncc(N5CCOCC5)cc34)cc2=O)c1. The number of aromatic amines is 1. The fraction of sp³-hybridized carbons (Fsp3) is 0.250. The Balaban J connectivity index is 1.46. The first-order chi connectivity index (χ1) is 15.6. The van der Waals surface area contributed by atoms with Crippen LogP contribution in [0, 0.1) is 0 Å². The summed E-state index contributed by atoms with van der Waals surface area (Å²) < 4.78 is 12.4. The number of aromatic nitrogens is 3. The van der Waals surface area contributed by atoms with E-state index in [1.54, 1.807) is 23.8 Å². The van der Waals surface area contributed by atoms with Gasteiger partial charge in [0.15, 0.2) is 0 Å². The number of methoxy groups -OCH3 is 1. The Labute approximate surface area is 190 Å². The summed E-state index contributed by atoms with van der Waals surface area (Å²) in [6.45, 7) is 3.53. The molecule has 1 aliphatic heterocycles. The highest BCUT2D eigenvalue weighted by atomic mass is 35.5. The summed E-state index contributed by atoms with van der Waals surface area (Å²) in [7, 11) is 1.59. The average Bonchev–Trinajstić information content (AvgIpc) is 3.24. The molecule has 0 amide bonds. The second-order valence-corrected chi connectivity index (χ2v) is 8.21. The smallest absolute Gasteiger partial charge is 0.251 e. The van der Waals surface area contributed by atoms with Crippen molar-refractivity contribution in [2.45, 2.75) is 6.54 Å². The van der Waals surface area contributed by atoms with Crippen LogP contribution in [0.25, 0.3) is 22.2 Å². The van der Waals surface area contributed by atoms with E-state index in [0.717, 1.165) is 59.7 Å². The molecule has 1 fully saturated rings. The lowest BCUT2D eigenvalue weighted by Gasteiger charge is -2.28. The van der Waals surface area contributed by atoms with E-state index < -0.39 is 0 Å². The fourth-order valence-corrected chi connectivity index (χ4v) is 4.31. The number of fused-ring (bicyclic) bond motifs is 1. The highest BCUT2D eigenvalue weighted by Crippen LogP contribution is 2.30. The molecule has 4 aromatic rings. The van der Waals surface area contributed by atoms with Crippen LogP contribution in [0.3, 0.4) is 0 Å². The Bertz CT molecular complexity index is 1320. The van der Waals surface area contributed by atoms with E-state index in [1.807, 2.05) is 36.8 Å². The number of hydrogen-bond donors (Lipinski definition) is 1. The van der Waals surface area contributed by atoms with Crippen molar-refractivity contribution >= 4 is 28.3 Å². The maximum atomic E-state index is 12.9. The van der Waals surface area contributed by atoms with Crippen LogP contribution in [0.4, 0.5) is 5.69 Å². The number of anilines is 1. The van der Waals surface area contributed by atoms with E-state index in [2.05, 4.69) is 20.9 Å². The van der Waals surface area contributed by atoms with Gasteiger partial charge in [0, 0.05) is 47.5 Å². The monoisotopic (exact) mass is 450 g/mol. The Morgan fingerprint density at radius 2 is 2.03 bits per heavy atom. The third-order valence-electron chi connectivity index (χ3n) is 5.72. The predicted molar refractivity (Wildman–Crippen MR) is 126 cm³/mol. The topological polar surface area (TPSA) is 72.4 Å². The molecule has 0 radical (unpaired) electrons. The van der Waals surface area contributed by atoms with Crippen LogP contribution in [0.1, 0.15) is 5.56 Å². The van der Waals surface area contributed by atoms with Gasteiger partial charge in [-0.25, -0.2) is 4.98 Å². The molecule has 8 heteroatoms. The first-order valence-electron chi connectivity index (χ1n) is 10.4. The quantitative estimate of drug-likeness (QED) is 0.498. The van der Waals surface area contributed by atoms with Gasteiger partial charge in [0.25, 0.3) is 5.56 Å². The maximum absolute atomic E-state index is 12.9. The summed E-state index contributed by atoms with van der Waals surface area (Å²) in [5.74, 6) is 0.666. The van der Waals surface area contributed by atoms with Crippen molar-refractivity contribution < 1.29 is 9.47 Å². The third-order valence-corrected chi connectivity index (χ3v) is 5.94. The van der Waals surface area contributed by atoms with E-state index in [0.29, 0.717) is 17.3 Å². The molecule has 32 heavy (non-hydrogen) atoms. The minimum atomic E-state index is -0.0897. The van der Waals surface area contributed by atoms with Crippen LogP contribution >= 0.6 is 11.6 Å². The lowest BCUT2D eigenvalue weighted by molar-refractivity contribution is 0.122. The molecule has 0 bridgehead atoms. The Kier molecular flexibility index (Phi) is 5.59. The minimum Gasteiger partial charge on any atom is -0.497 e. The van der Waals surface area contributed by atoms with Crippen molar-refractivity contribution in [1.82, 2.24) is 14.5 Å². The third kappa shape index (κ3) is 4.09. The van der Waals surface area contributed by atoms with Crippen molar-refractivity contribution in [2.24, 2.45) is 0 Å². The molecule has 0 atom stereocenters. The van der Waals surface area contributed by atoms with Gasteiger partial charge in [-0.05, 0) is 41.5 Å². The standard InChI is InChI=1S/C24H23ClN4O3/c1-31-20-9-16(8-18(25)11-20)15-29-3-2-17(10-23(29)30)22-14-27-24-21(22)12-19(13-26-24)28-4-6-32-7-5-28/h2-3,8-14H,4-7,15H2,1H3,(H,26,27). The Hall–Kier alpha value is -3.29. The Morgan fingerprint density at radius 3 is 2.81 bits per heavy atom. The van der Waals surface area contributed by atoms with E-state index in [4.69, 9.17) is 21.1 Å². The first-order valence-corrected chi connectivity index (χ1v) is 10.8. The van der Waals surface area contributed by atoms with Gasteiger partial charge in [-0.1, -0.05) is 11.6 Å². The van der Waals surface area contributed by atoms with Crippen LogP contribution in [-0.2, 0) is 11.3 Å². The number of hydrogen-bond acceptors (Lipinski definition) is 5. The molecule has 3 aromatic heterocycles. The minimum absolute atomic E-state index is 0.0897. The van der Waals surface area contributed by atoms with Gasteiger partial charge in [0.05, 0.1) is 38.8 Å². The van der Waals surface area contributed by atoms with E-state index >= 15 is 0 Å².